The summed E-state index contributed by atoms with van der Waals surface area (Å²) in [7, 11) is 0. The van der Waals surface area contributed by atoms with Gasteiger partial charge in [0.15, 0.2) is 0 Å². The molecule has 1 aromatic carbocycles. The minimum atomic E-state index is 0.806. The van der Waals surface area contributed by atoms with Crippen molar-refractivity contribution >= 4 is 5.69 Å². The Bertz CT molecular complexity index is 456. The van der Waals surface area contributed by atoms with Crippen LogP contribution in [0, 0.1) is 13.8 Å². The molecule has 116 valence electrons. The van der Waals surface area contributed by atoms with Crippen molar-refractivity contribution in [2.24, 2.45) is 0 Å². The van der Waals surface area contributed by atoms with Crippen molar-refractivity contribution in [3.8, 4) is 0 Å². The number of nitrogens with one attached hydrogen (secondary N) is 1. The first-order chi connectivity index (χ1) is 10.3. The summed E-state index contributed by atoms with van der Waals surface area (Å²) in [4.78, 5) is 5.31. The third-order valence-corrected chi connectivity index (χ3v) is 5.29. The molecule has 3 nitrogen and oxygen atoms in total. The molecule has 2 aliphatic rings. The zero-order valence-electron chi connectivity index (χ0n) is 13.6. The van der Waals surface area contributed by atoms with Gasteiger partial charge in [0.2, 0.25) is 0 Å². The Labute approximate surface area is 129 Å². The highest BCUT2D eigenvalue weighted by atomic mass is 15.3. The molecule has 2 aliphatic heterocycles. The van der Waals surface area contributed by atoms with E-state index in [1.54, 1.807) is 0 Å². The summed E-state index contributed by atoms with van der Waals surface area (Å²) in [5.74, 6) is 0. The molecule has 0 spiro atoms. The molecule has 1 unspecified atom stereocenters. The van der Waals surface area contributed by atoms with E-state index in [0.717, 1.165) is 6.04 Å². The first-order valence-electron chi connectivity index (χ1n) is 8.51. The number of benzene rings is 1. The van der Waals surface area contributed by atoms with Crippen molar-refractivity contribution in [3.05, 3.63) is 29.3 Å². The van der Waals surface area contributed by atoms with Crippen molar-refractivity contribution < 1.29 is 0 Å². The van der Waals surface area contributed by atoms with Crippen LogP contribution in [-0.4, -0.2) is 50.2 Å². The third kappa shape index (κ3) is 3.41. The van der Waals surface area contributed by atoms with Crippen LogP contribution < -0.4 is 10.2 Å². The van der Waals surface area contributed by atoms with Crippen LogP contribution in [0.2, 0.25) is 0 Å². The Hall–Kier alpha value is -1.06. The van der Waals surface area contributed by atoms with Gasteiger partial charge in [-0.3, -0.25) is 4.90 Å². The molecule has 0 radical (unpaired) electrons. The van der Waals surface area contributed by atoms with Crippen LogP contribution >= 0.6 is 0 Å². The Morgan fingerprint density at radius 3 is 2.62 bits per heavy atom. The van der Waals surface area contributed by atoms with E-state index in [1.165, 1.54) is 75.3 Å². The smallest absolute Gasteiger partial charge is 0.0399 e. The Morgan fingerprint density at radius 1 is 1.00 bits per heavy atom. The summed E-state index contributed by atoms with van der Waals surface area (Å²) in [6, 6.07) is 7.50. The van der Waals surface area contributed by atoms with E-state index < -0.39 is 0 Å². The maximum Gasteiger partial charge on any atom is 0.0399 e. The number of hydrogen-bond donors (Lipinski definition) is 1. The van der Waals surface area contributed by atoms with Gasteiger partial charge in [0.1, 0.15) is 0 Å². The van der Waals surface area contributed by atoms with Crippen molar-refractivity contribution in [3.63, 3.8) is 0 Å². The predicted molar refractivity (Wildman–Crippen MR) is 90.2 cm³/mol. The maximum absolute atomic E-state index is 3.53. The number of aryl methyl sites for hydroxylation is 1. The molecular formula is C18H29N3. The lowest BCUT2D eigenvalue weighted by Gasteiger charge is -2.40. The first kappa shape index (κ1) is 14.9. The summed E-state index contributed by atoms with van der Waals surface area (Å²) < 4.78 is 0. The summed E-state index contributed by atoms with van der Waals surface area (Å²) in [6.07, 6.45) is 4.03. The summed E-state index contributed by atoms with van der Waals surface area (Å²) in [5, 5.41) is 3.53. The van der Waals surface area contributed by atoms with Crippen molar-refractivity contribution in [2.75, 3.05) is 44.2 Å². The minimum absolute atomic E-state index is 0.806. The Morgan fingerprint density at radius 2 is 1.81 bits per heavy atom. The molecule has 0 saturated carbocycles. The number of rotatable bonds is 2. The lowest BCUT2D eigenvalue weighted by atomic mass is 10.0. The van der Waals surface area contributed by atoms with Gasteiger partial charge in [0.05, 0.1) is 0 Å². The van der Waals surface area contributed by atoms with Crippen LogP contribution in [0.1, 0.15) is 30.4 Å². The van der Waals surface area contributed by atoms with Gasteiger partial charge >= 0.3 is 0 Å². The van der Waals surface area contributed by atoms with Crippen LogP contribution in [0.15, 0.2) is 18.2 Å². The van der Waals surface area contributed by atoms with Crippen LogP contribution in [-0.2, 0) is 0 Å². The zero-order chi connectivity index (χ0) is 14.7. The lowest BCUT2D eigenvalue weighted by molar-refractivity contribution is 0.172. The van der Waals surface area contributed by atoms with E-state index in [2.05, 4.69) is 47.2 Å². The van der Waals surface area contributed by atoms with Crippen LogP contribution in [0.25, 0.3) is 0 Å². The van der Waals surface area contributed by atoms with Gasteiger partial charge in [-0.1, -0.05) is 12.1 Å². The monoisotopic (exact) mass is 287 g/mol. The number of hydrogen-bond acceptors (Lipinski definition) is 3. The molecule has 3 heteroatoms. The Kier molecular flexibility index (Phi) is 4.81. The fourth-order valence-corrected chi connectivity index (χ4v) is 3.77. The van der Waals surface area contributed by atoms with E-state index in [-0.39, 0.29) is 0 Å². The highest BCUT2D eigenvalue weighted by Crippen LogP contribution is 2.25. The number of piperazine rings is 1. The summed E-state index contributed by atoms with van der Waals surface area (Å²) in [5.41, 5.74) is 4.30. The predicted octanol–water partition coefficient (Wildman–Crippen LogP) is 2.57. The van der Waals surface area contributed by atoms with E-state index in [4.69, 9.17) is 0 Å². The standard InChI is InChI=1S/C18H29N3/c1-15-5-3-7-18(16(15)2)21-13-11-20(12-14-21)17-6-4-9-19-10-8-17/h3,5,7,17,19H,4,6,8-14H2,1-2H3. The van der Waals surface area contributed by atoms with Gasteiger partial charge in [0, 0.05) is 37.9 Å². The normalized spacial score (nSPS) is 24.9. The minimum Gasteiger partial charge on any atom is -0.369 e. The highest BCUT2D eigenvalue weighted by Gasteiger charge is 2.25. The van der Waals surface area contributed by atoms with Crippen LogP contribution in [0.5, 0.6) is 0 Å². The van der Waals surface area contributed by atoms with E-state index in [0.29, 0.717) is 0 Å². The molecular weight excluding hydrogens is 258 g/mol. The topological polar surface area (TPSA) is 18.5 Å². The van der Waals surface area contributed by atoms with Gasteiger partial charge in [-0.15, -0.1) is 0 Å². The Balaban J connectivity index is 1.60. The second-order valence-electron chi connectivity index (χ2n) is 6.58. The second kappa shape index (κ2) is 6.80. The van der Waals surface area contributed by atoms with Gasteiger partial charge in [-0.2, -0.15) is 0 Å². The van der Waals surface area contributed by atoms with E-state index in [9.17, 15) is 0 Å². The molecule has 21 heavy (non-hydrogen) atoms. The average molecular weight is 287 g/mol. The second-order valence-corrected chi connectivity index (χ2v) is 6.58. The lowest BCUT2D eigenvalue weighted by Crippen LogP contribution is -2.50. The molecule has 2 heterocycles. The van der Waals surface area contributed by atoms with Crippen molar-refractivity contribution in [1.29, 1.82) is 0 Å². The molecule has 0 amide bonds. The number of anilines is 1. The molecule has 1 N–H and O–H groups in total. The molecule has 0 bridgehead atoms. The van der Waals surface area contributed by atoms with Gasteiger partial charge in [-0.25, -0.2) is 0 Å². The summed E-state index contributed by atoms with van der Waals surface area (Å²) in [6.45, 7) is 11.7. The fourth-order valence-electron chi connectivity index (χ4n) is 3.77. The van der Waals surface area contributed by atoms with Crippen LogP contribution in [0.4, 0.5) is 5.69 Å². The van der Waals surface area contributed by atoms with Gasteiger partial charge < -0.3 is 10.2 Å². The molecule has 2 fully saturated rings. The van der Waals surface area contributed by atoms with Crippen molar-refractivity contribution in [1.82, 2.24) is 10.2 Å². The SMILES string of the molecule is Cc1cccc(N2CCN(C3CCCNCC3)CC2)c1C. The zero-order valence-corrected chi connectivity index (χ0v) is 13.6. The fraction of sp³-hybridized carbons (Fsp3) is 0.667. The largest absolute Gasteiger partial charge is 0.369 e. The van der Waals surface area contributed by atoms with Gasteiger partial charge in [0.25, 0.3) is 0 Å². The quantitative estimate of drug-likeness (QED) is 0.902. The highest BCUT2D eigenvalue weighted by molar-refractivity contribution is 5.56. The number of nitrogens with zero attached hydrogens (tertiary/aromatic N) is 2. The molecule has 2 saturated heterocycles. The molecule has 0 aromatic heterocycles. The summed E-state index contributed by atoms with van der Waals surface area (Å²) >= 11 is 0. The maximum atomic E-state index is 3.53. The third-order valence-electron chi connectivity index (χ3n) is 5.29. The molecule has 1 atom stereocenters. The van der Waals surface area contributed by atoms with Gasteiger partial charge in [-0.05, 0) is 63.4 Å². The first-order valence-corrected chi connectivity index (χ1v) is 8.51. The van der Waals surface area contributed by atoms with Crippen molar-refractivity contribution in [2.45, 2.75) is 39.2 Å². The molecule has 0 aliphatic carbocycles. The molecule has 1 aromatic rings. The average Bonchev–Trinajstić information content (AvgIpc) is 2.79. The molecule has 3 rings (SSSR count). The van der Waals surface area contributed by atoms with E-state index in [1.807, 2.05) is 0 Å². The van der Waals surface area contributed by atoms with Crippen LogP contribution in [0.3, 0.4) is 0 Å². The van der Waals surface area contributed by atoms with E-state index >= 15 is 0 Å².